The molecule has 1 unspecified atom stereocenters. The predicted octanol–water partition coefficient (Wildman–Crippen LogP) is 4.11. The molecule has 0 fully saturated rings. The number of nitrogens with one attached hydrogen (secondary N) is 1. The van der Waals surface area contributed by atoms with E-state index in [4.69, 9.17) is 4.52 Å². The van der Waals surface area contributed by atoms with Crippen molar-refractivity contribution in [2.45, 2.75) is 39.2 Å². The number of amides is 1. The second kappa shape index (κ2) is 8.14. The van der Waals surface area contributed by atoms with Crippen LogP contribution in [0.1, 0.15) is 55.6 Å². The van der Waals surface area contributed by atoms with E-state index >= 15 is 0 Å². The molecule has 0 saturated carbocycles. The van der Waals surface area contributed by atoms with E-state index in [-0.39, 0.29) is 17.4 Å². The molecule has 0 bridgehead atoms. The standard InChI is InChI=1S/C23H24N6O2/c1-15(16-8-6-5-7-9-16)26-20(30)18-13-29(14-25-18)19-12-17(10-11-24-19)21-27-22(28-31-21)23(2,3)4/h5-15H,1-4H3,(H,26,30). The van der Waals surface area contributed by atoms with E-state index in [1.807, 2.05) is 64.1 Å². The van der Waals surface area contributed by atoms with Gasteiger partial charge in [-0.15, -0.1) is 0 Å². The Kier molecular flexibility index (Phi) is 5.37. The summed E-state index contributed by atoms with van der Waals surface area (Å²) in [6.45, 7) is 8.01. The number of pyridine rings is 1. The highest BCUT2D eigenvalue weighted by atomic mass is 16.5. The Morgan fingerprint density at radius 1 is 1.13 bits per heavy atom. The molecule has 0 aliphatic carbocycles. The molecule has 1 atom stereocenters. The number of aromatic nitrogens is 5. The van der Waals surface area contributed by atoms with Crippen molar-refractivity contribution < 1.29 is 9.32 Å². The molecule has 3 heterocycles. The third-order valence-corrected chi connectivity index (χ3v) is 4.82. The molecule has 0 spiro atoms. The van der Waals surface area contributed by atoms with Crippen molar-refractivity contribution in [2.75, 3.05) is 0 Å². The van der Waals surface area contributed by atoms with Crippen molar-refractivity contribution in [3.63, 3.8) is 0 Å². The van der Waals surface area contributed by atoms with E-state index in [1.54, 1.807) is 29.4 Å². The molecule has 1 amide bonds. The number of imidazole rings is 1. The zero-order valence-corrected chi connectivity index (χ0v) is 17.9. The van der Waals surface area contributed by atoms with Gasteiger partial charge in [0.05, 0.1) is 6.04 Å². The van der Waals surface area contributed by atoms with Crippen LogP contribution in [0.4, 0.5) is 0 Å². The van der Waals surface area contributed by atoms with Crippen molar-refractivity contribution in [1.82, 2.24) is 30.0 Å². The first-order valence-corrected chi connectivity index (χ1v) is 10.0. The molecule has 3 aromatic heterocycles. The quantitative estimate of drug-likeness (QED) is 0.526. The van der Waals surface area contributed by atoms with Gasteiger partial charge in [0.15, 0.2) is 5.82 Å². The van der Waals surface area contributed by atoms with Crippen molar-refractivity contribution >= 4 is 5.91 Å². The summed E-state index contributed by atoms with van der Waals surface area (Å²) in [6, 6.07) is 13.3. The Balaban J connectivity index is 1.52. The number of rotatable bonds is 5. The molecule has 0 aliphatic heterocycles. The number of hydrogen-bond acceptors (Lipinski definition) is 6. The molecule has 4 rings (SSSR count). The summed E-state index contributed by atoms with van der Waals surface area (Å²) >= 11 is 0. The van der Waals surface area contributed by atoms with Gasteiger partial charge in [-0.05, 0) is 24.6 Å². The lowest BCUT2D eigenvalue weighted by molar-refractivity contribution is 0.0935. The van der Waals surface area contributed by atoms with Crippen molar-refractivity contribution in [1.29, 1.82) is 0 Å². The Hall–Kier alpha value is -3.81. The van der Waals surface area contributed by atoms with E-state index in [2.05, 4.69) is 25.4 Å². The van der Waals surface area contributed by atoms with Crippen LogP contribution in [0.3, 0.4) is 0 Å². The topological polar surface area (TPSA) is 98.7 Å². The monoisotopic (exact) mass is 416 g/mol. The van der Waals surface area contributed by atoms with Gasteiger partial charge in [-0.3, -0.25) is 9.36 Å². The summed E-state index contributed by atoms with van der Waals surface area (Å²) in [6.07, 6.45) is 4.86. The normalized spacial score (nSPS) is 12.5. The van der Waals surface area contributed by atoms with E-state index in [0.29, 0.717) is 23.2 Å². The van der Waals surface area contributed by atoms with Gasteiger partial charge in [0.1, 0.15) is 17.8 Å². The molecule has 8 nitrogen and oxygen atoms in total. The van der Waals surface area contributed by atoms with Crippen LogP contribution in [0.25, 0.3) is 17.3 Å². The Bertz CT molecular complexity index is 1190. The summed E-state index contributed by atoms with van der Waals surface area (Å²) in [7, 11) is 0. The van der Waals surface area contributed by atoms with E-state index in [0.717, 1.165) is 11.1 Å². The molecule has 8 heteroatoms. The second-order valence-corrected chi connectivity index (χ2v) is 8.35. The Morgan fingerprint density at radius 3 is 2.61 bits per heavy atom. The highest BCUT2D eigenvalue weighted by molar-refractivity contribution is 5.92. The first kappa shape index (κ1) is 20.5. The highest BCUT2D eigenvalue weighted by Gasteiger charge is 2.22. The molecule has 4 aromatic rings. The number of benzene rings is 1. The van der Waals surface area contributed by atoms with Crippen LogP contribution in [0.5, 0.6) is 0 Å². The van der Waals surface area contributed by atoms with Gasteiger partial charge < -0.3 is 9.84 Å². The Morgan fingerprint density at radius 2 is 1.90 bits per heavy atom. The highest BCUT2D eigenvalue weighted by Crippen LogP contribution is 2.24. The lowest BCUT2D eigenvalue weighted by atomic mass is 9.96. The van der Waals surface area contributed by atoms with Crippen LogP contribution in [0.15, 0.2) is 65.7 Å². The van der Waals surface area contributed by atoms with E-state index < -0.39 is 0 Å². The summed E-state index contributed by atoms with van der Waals surface area (Å²) < 4.78 is 7.11. The van der Waals surface area contributed by atoms with Gasteiger partial charge >= 0.3 is 0 Å². The SMILES string of the molecule is CC(NC(=O)c1cn(-c2cc(-c3nc(C(C)(C)C)no3)ccn2)cn1)c1ccccc1. The molecular formula is C23H24N6O2. The zero-order chi connectivity index (χ0) is 22.0. The first-order valence-electron chi connectivity index (χ1n) is 10.0. The Labute approximate surface area is 180 Å². The minimum absolute atomic E-state index is 0.130. The van der Waals surface area contributed by atoms with Crippen LogP contribution in [-0.4, -0.2) is 30.6 Å². The zero-order valence-electron chi connectivity index (χ0n) is 17.9. The van der Waals surface area contributed by atoms with Crippen LogP contribution < -0.4 is 5.32 Å². The fourth-order valence-electron chi connectivity index (χ4n) is 3.00. The largest absolute Gasteiger partial charge is 0.344 e. The van der Waals surface area contributed by atoms with Crippen molar-refractivity contribution in [3.05, 3.63) is 78.3 Å². The number of hydrogen-bond donors (Lipinski definition) is 1. The smallest absolute Gasteiger partial charge is 0.271 e. The predicted molar refractivity (Wildman–Crippen MR) is 116 cm³/mol. The molecule has 0 aliphatic rings. The third kappa shape index (κ3) is 4.53. The third-order valence-electron chi connectivity index (χ3n) is 4.82. The molecule has 0 saturated heterocycles. The maximum Gasteiger partial charge on any atom is 0.271 e. The van der Waals surface area contributed by atoms with Gasteiger partial charge in [-0.1, -0.05) is 56.3 Å². The number of nitrogens with zero attached hydrogens (tertiary/aromatic N) is 5. The van der Waals surface area contributed by atoms with Gasteiger partial charge in [-0.25, -0.2) is 9.97 Å². The fourth-order valence-corrected chi connectivity index (χ4v) is 3.00. The fraction of sp³-hybridized carbons (Fsp3) is 0.261. The van der Waals surface area contributed by atoms with Crippen LogP contribution in [-0.2, 0) is 5.41 Å². The summed E-state index contributed by atoms with van der Waals surface area (Å²) in [5.41, 5.74) is 1.87. The summed E-state index contributed by atoms with van der Waals surface area (Å²) in [4.78, 5) is 25.7. The average Bonchev–Trinajstić information content (AvgIpc) is 3.44. The molecule has 0 radical (unpaired) electrons. The minimum atomic E-state index is -0.252. The van der Waals surface area contributed by atoms with Crippen molar-refractivity contribution in [2.24, 2.45) is 0 Å². The van der Waals surface area contributed by atoms with E-state index in [9.17, 15) is 4.79 Å². The number of carbonyl (C=O) groups is 1. The first-order chi connectivity index (χ1) is 14.8. The van der Waals surface area contributed by atoms with Gasteiger partial charge in [0.2, 0.25) is 0 Å². The number of carbonyl (C=O) groups excluding carboxylic acids is 1. The maximum atomic E-state index is 12.6. The summed E-state index contributed by atoms with van der Waals surface area (Å²) in [5.74, 6) is 1.40. The van der Waals surface area contributed by atoms with E-state index in [1.165, 1.54) is 0 Å². The minimum Gasteiger partial charge on any atom is -0.344 e. The van der Waals surface area contributed by atoms with Gasteiger partial charge in [0.25, 0.3) is 11.8 Å². The molecule has 31 heavy (non-hydrogen) atoms. The summed E-state index contributed by atoms with van der Waals surface area (Å²) in [5, 5.41) is 7.03. The van der Waals surface area contributed by atoms with Crippen molar-refractivity contribution in [3.8, 4) is 17.3 Å². The molecular weight excluding hydrogens is 392 g/mol. The van der Waals surface area contributed by atoms with Gasteiger partial charge in [0, 0.05) is 23.4 Å². The average molecular weight is 416 g/mol. The second-order valence-electron chi connectivity index (χ2n) is 8.35. The lowest BCUT2D eigenvalue weighted by Crippen LogP contribution is -2.26. The van der Waals surface area contributed by atoms with Crippen LogP contribution >= 0.6 is 0 Å². The maximum absolute atomic E-state index is 12.6. The molecule has 158 valence electrons. The lowest BCUT2D eigenvalue weighted by Gasteiger charge is -2.13. The van der Waals surface area contributed by atoms with Crippen LogP contribution in [0, 0.1) is 0 Å². The van der Waals surface area contributed by atoms with Gasteiger partial charge in [-0.2, -0.15) is 4.98 Å². The molecule has 1 N–H and O–H groups in total. The van der Waals surface area contributed by atoms with Crippen LogP contribution in [0.2, 0.25) is 0 Å². The molecule has 1 aromatic carbocycles.